The Morgan fingerprint density at radius 1 is 1.32 bits per heavy atom. The highest BCUT2D eigenvalue weighted by atomic mass is 19.1. The van der Waals surface area contributed by atoms with E-state index in [9.17, 15) is 14.0 Å². The number of carbonyl (C=O) groups is 2. The van der Waals surface area contributed by atoms with Gasteiger partial charge in [0.05, 0.1) is 5.56 Å². The highest BCUT2D eigenvalue weighted by Gasteiger charge is 2.14. The van der Waals surface area contributed by atoms with Gasteiger partial charge in [-0.2, -0.15) is 0 Å². The highest BCUT2D eigenvalue weighted by Crippen LogP contribution is 2.13. The smallest absolute Gasteiger partial charge is 0.273 e. The van der Waals surface area contributed by atoms with Crippen molar-refractivity contribution in [3.63, 3.8) is 0 Å². The third kappa shape index (κ3) is 2.40. The molecule has 98 valence electrons. The van der Waals surface area contributed by atoms with E-state index >= 15 is 0 Å². The number of hydrogen-bond acceptors (Lipinski definition) is 2. The number of rotatable bonds is 3. The molecule has 0 saturated heterocycles. The van der Waals surface area contributed by atoms with Gasteiger partial charge < -0.3 is 0 Å². The molecular formula is C14H13FN2O2. The van der Waals surface area contributed by atoms with Crippen molar-refractivity contribution in [3.8, 4) is 0 Å². The summed E-state index contributed by atoms with van der Waals surface area (Å²) in [6.45, 7) is 3.46. The van der Waals surface area contributed by atoms with Crippen molar-refractivity contribution in [2.45, 2.75) is 13.8 Å². The Hall–Kier alpha value is -2.43. The van der Waals surface area contributed by atoms with Crippen molar-refractivity contribution in [1.82, 2.24) is 4.68 Å². The molecule has 1 amide bonds. The summed E-state index contributed by atoms with van der Waals surface area (Å²) in [6.07, 6.45) is 0.716. The molecule has 0 spiro atoms. The zero-order valence-corrected chi connectivity index (χ0v) is 10.6. The van der Waals surface area contributed by atoms with Gasteiger partial charge in [0.15, 0.2) is 6.29 Å². The molecule has 0 bridgehead atoms. The molecule has 1 aromatic heterocycles. The lowest BCUT2D eigenvalue weighted by molar-refractivity contribution is 0.100. The number of aldehydes is 1. The van der Waals surface area contributed by atoms with E-state index in [-0.39, 0.29) is 5.56 Å². The predicted molar refractivity (Wildman–Crippen MR) is 69.4 cm³/mol. The van der Waals surface area contributed by atoms with Crippen LogP contribution in [0.1, 0.15) is 32.1 Å². The van der Waals surface area contributed by atoms with Crippen molar-refractivity contribution >= 4 is 12.2 Å². The van der Waals surface area contributed by atoms with Crippen LogP contribution in [0.15, 0.2) is 30.3 Å². The number of amides is 1. The summed E-state index contributed by atoms with van der Waals surface area (Å²) in [5, 5.41) is 0. The number of aromatic nitrogens is 1. The third-order valence-corrected chi connectivity index (χ3v) is 2.93. The maximum Gasteiger partial charge on any atom is 0.273 e. The van der Waals surface area contributed by atoms with E-state index in [0.29, 0.717) is 23.2 Å². The molecule has 0 aliphatic rings. The van der Waals surface area contributed by atoms with Gasteiger partial charge in [0.25, 0.3) is 5.91 Å². The molecule has 1 N–H and O–H groups in total. The van der Waals surface area contributed by atoms with E-state index in [2.05, 4.69) is 5.43 Å². The zero-order chi connectivity index (χ0) is 14.0. The summed E-state index contributed by atoms with van der Waals surface area (Å²) >= 11 is 0. The molecule has 0 aliphatic heterocycles. The Morgan fingerprint density at radius 3 is 2.58 bits per heavy atom. The molecule has 5 heteroatoms. The molecule has 4 nitrogen and oxygen atoms in total. The van der Waals surface area contributed by atoms with Crippen LogP contribution >= 0.6 is 0 Å². The summed E-state index contributed by atoms with van der Waals surface area (Å²) in [5.74, 6) is -1.14. The van der Waals surface area contributed by atoms with Crippen molar-refractivity contribution in [3.05, 3.63) is 58.7 Å². The number of nitrogens with zero attached hydrogens (tertiary/aromatic N) is 1. The Labute approximate surface area is 109 Å². The van der Waals surface area contributed by atoms with Gasteiger partial charge in [-0.05, 0) is 32.0 Å². The minimum Gasteiger partial charge on any atom is -0.298 e. The summed E-state index contributed by atoms with van der Waals surface area (Å²) in [7, 11) is 0. The first kappa shape index (κ1) is 13.0. The average molecular weight is 260 g/mol. The fraction of sp³-hybridized carbons (Fsp3) is 0.143. The van der Waals surface area contributed by atoms with Gasteiger partial charge in [-0.25, -0.2) is 4.39 Å². The largest absolute Gasteiger partial charge is 0.298 e. The molecule has 19 heavy (non-hydrogen) atoms. The van der Waals surface area contributed by atoms with Gasteiger partial charge >= 0.3 is 0 Å². The summed E-state index contributed by atoms with van der Waals surface area (Å²) in [4.78, 5) is 22.8. The van der Waals surface area contributed by atoms with E-state index in [0.717, 1.165) is 0 Å². The first-order valence-corrected chi connectivity index (χ1v) is 5.74. The van der Waals surface area contributed by atoms with E-state index < -0.39 is 11.7 Å². The molecule has 0 aliphatic carbocycles. The average Bonchev–Trinajstić information content (AvgIpc) is 2.66. The lowest BCUT2D eigenvalue weighted by Gasteiger charge is -2.11. The normalized spacial score (nSPS) is 10.3. The Kier molecular flexibility index (Phi) is 3.46. The van der Waals surface area contributed by atoms with Crippen LogP contribution in [0.2, 0.25) is 0 Å². The number of carbonyl (C=O) groups excluding carboxylic acids is 2. The first-order valence-electron chi connectivity index (χ1n) is 5.74. The van der Waals surface area contributed by atoms with Crippen molar-refractivity contribution < 1.29 is 14.0 Å². The first-order chi connectivity index (χ1) is 9.04. The number of nitrogens with one attached hydrogen (secondary N) is 1. The molecule has 1 aromatic carbocycles. The van der Waals surface area contributed by atoms with E-state index in [1.165, 1.54) is 22.9 Å². The molecule has 0 atom stereocenters. The van der Waals surface area contributed by atoms with E-state index in [4.69, 9.17) is 0 Å². The van der Waals surface area contributed by atoms with Crippen LogP contribution in [0.3, 0.4) is 0 Å². The second-order valence-corrected chi connectivity index (χ2v) is 4.20. The van der Waals surface area contributed by atoms with Crippen LogP contribution in [0.4, 0.5) is 4.39 Å². The highest BCUT2D eigenvalue weighted by molar-refractivity contribution is 6.00. The van der Waals surface area contributed by atoms with Crippen LogP contribution in [0.25, 0.3) is 0 Å². The fourth-order valence-electron chi connectivity index (χ4n) is 1.89. The van der Waals surface area contributed by atoms with Crippen LogP contribution < -0.4 is 5.43 Å². The summed E-state index contributed by atoms with van der Waals surface area (Å²) in [5.41, 5.74) is 4.33. The van der Waals surface area contributed by atoms with E-state index in [1.54, 1.807) is 26.0 Å². The van der Waals surface area contributed by atoms with Crippen LogP contribution in [0, 0.1) is 19.7 Å². The zero-order valence-electron chi connectivity index (χ0n) is 10.6. The fourth-order valence-corrected chi connectivity index (χ4v) is 1.89. The Morgan fingerprint density at radius 2 is 2.00 bits per heavy atom. The molecule has 0 fully saturated rings. The van der Waals surface area contributed by atoms with Gasteiger partial charge in [0.1, 0.15) is 5.82 Å². The minimum absolute atomic E-state index is 0.0392. The second-order valence-electron chi connectivity index (χ2n) is 4.20. The van der Waals surface area contributed by atoms with Crippen LogP contribution in [-0.2, 0) is 0 Å². The maximum atomic E-state index is 13.5. The SMILES string of the molecule is Cc1cc(C=O)c(C)n1NC(=O)c1ccccc1F. The second kappa shape index (κ2) is 5.06. The Bertz CT molecular complexity index is 647. The lowest BCUT2D eigenvalue weighted by Crippen LogP contribution is -2.25. The van der Waals surface area contributed by atoms with Crippen molar-refractivity contribution in [2.24, 2.45) is 0 Å². The topological polar surface area (TPSA) is 51.1 Å². The number of halogens is 1. The van der Waals surface area contributed by atoms with Gasteiger partial charge in [0.2, 0.25) is 0 Å². The lowest BCUT2D eigenvalue weighted by atomic mass is 10.2. The molecule has 0 unspecified atom stereocenters. The third-order valence-electron chi connectivity index (χ3n) is 2.93. The Balaban J connectivity index is 2.32. The van der Waals surface area contributed by atoms with Gasteiger partial charge in [-0.3, -0.25) is 19.7 Å². The molecule has 0 radical (unpaired) electrons. The number of benzene rings is 1. The van der Waals surface area contributed by atoms with Gasteiger partial charge in [-0.1, -0.05) is 12.1 Å². The number of aryl methyl sites for hydroxylation is 1. The molecule has 1 heterocycles. The van der Waals surface area contributed by atoms with Gasteiger partial charge in [0, 0.05) is 17.0 Å². The molecule has 0 saturated carbocycles. The van der Waals surface area contributed by atoms with Crippen molar-refractivity contribution in [1.29, 1.82) is 0 Å². The van der Waals surface area contributed by atoms with Crippen LogP contribution in [0.5, 0.6) is 0 Å². The predicted octanol–water partition coefficient (Wildman–Crippen LogP) is 2.44. The molecule has 2 rings (SSSR count). The molecular weight excluding hydrogens is 247 g/mol. The monoisotopic (exact) mass is 260 g/mol. The number of hydrogen-bond donors (Lipinski definition) is 1. The molecule has 2 aromatic rings. The van der Waals surface area contributed by atoms with Gasteiger partial charge in [-0.15, -0.1) is 0 Å². The van der Waals surface area contributed by atoms with Crippen molar-refractivity contribution in [2.75, 3.05) is 5.43 Å². The summed E-state index contributed by atoms with van der Waals surface area (Å²) in [6, 6.07) is 7.39. The van der Waals surface area contributed by atoms with Crippen LogP contribution in [-0.4, -0.2) is 16.9 Å². The van der Waals surface area contributed by atoms with E-state index in [1.807, 2.05) is 0 Å². The minimum atomic E-state index is -0.585. The quantitative estimate of drug-likeness (QED) is 0.862. The standard InChI is InChI=1S/C14H13FN2O2/c1-9-7-11(8-18)10(2)17(9)16-14(19)12-5-3-4-6-13(12)15/h3-8H,1-2H3,(H,16,19). The maximum absolute atomic E-state index is 13.5. The summed E-state index contributed by atoms with van der Waals surface area (Å²) < 4.78 is 15.0.